The fraction of sp³-hybridized carbons (Fsp3) is 0.944. The number of amides is 1. The maximum Gasteiger partial charge on any atom is 0.222 e. The number of hydrogen-bond donors (Lipinski definition) is 1. The van der Waals surface area contributed by atoms with E-state index in [1.165, 1.54) is 0 Å². The lowest BCUT2D eigenvalue weighted by Gasteiger charge is -2.29. The Kier molecular flexibility index (Phi) is 11.6. The van der Waals surface area contributed by atoms with Crippen LogP contribution in [-0.4, -0.2) is 38.9 Å². The molecule has 0 bridgehead atoms. The van der Waals surface area contributed by atoms with Gasteiger partial charge >= 0.3 is 0 Å². The van der Waals surface area contributed by atoms with E-state index in [1.807, 2.05) is 0 Å². The molecule has 1 N–H and O–H groups in total. The molecule has 0 aromatic rings. The van der Waals surface area contributed by atoms with Crippen molar-refractivity contribution in [3.05, 3.63) is 0 Å². The van der Waals surface area contributed by atoms with Crippen molar-refractivity contribution >= 4 is 5.91 Å². The highest BCUT2D eigenvalue weighted by molar-refractivity contribution is 5.75. The lowest BCUT2D eigenvalue weighted by molar-refractivity contribution is -0.122. The molecule has 1 amide bonds. The lowest BCUT2D eigenvalue weighted by atomic mass is 9.79. The number of ether oxygens (including phenoxy) is 2. The molecule has 0 heterocycles. The number of carbonyl (C=O) groups excluding carboxylic acids is 1. The van der Waals surface area contributed by atoms with Gasteiger partial charge in [0.2, 0.25) is 5.91 Å². The minimum Gasteiger partial charge on any atom is -0.381 e. The first kappa shape index (κ1) is 21.4. The molecule has 0 aliphatic rings. The van der Waals surface area contributed by atoms with Crippen LogP contribution in [-0.2, 0) is 14.3 Å². The van der Waals surface area contributed by atoms with E-state index in [0.717, 1.165) is 26.1 Å². The molecule has 0 atom stereocenters. The van der Waals surface area contributed by atoms with E-state index in [2.05, 4.69) is 46.9 Å². The molecular formula is C18H37NO3. The van der Waals surface area contributed by atoms with Crippen LogP contribution in [0.5, 0.6) is 0 Å². The van der Waals surface area contributed by atoms with Crippen LogP contribution in [0.4, 0.5) is 0 Å². The Morgan fingerprint density at radius 1 is 1.00 bits per heavy atom. The van der Waals surface area contributed by atoms with Crippen LogP contribution < -0.4 is 5.32 Å². The van der Waals surface area contributed by atoms with Gasteiger partial charge in [-0.15, -0.1) is 0 Å². The van der Waals surface area contributed by atoms with Crippen LogP contribution in [0.3, 0.4) is 0 Å². The second-order valence-electron chi connectivity index (χ2n) is 7.40. The Morgan fingerprint density at radius 3 is 2.23 bits per heavy atom. The summed E-state index contributed by atoms with van der Waals surface area (Å²) in [6.45, 7) is 16.5. The highest BCUT2D eigenvalue weighted by atomic mass is 16.5. The first-order chi connectivity index (χ1) is 10.3. The molecule has 0 aromatic heterocycles. The summed E-state index contributed by atoms with van der Waals surface area (Å²) in [4.78, 5) is 11.6. The van der Waals surface area contributed by atoms with Crippen molar-refractivity contribution in [2.45, 2.75) is 60.8 Å². The van der Waals surface area contributed by atoms with Gasteiger partial charge in [-0.25, -0.2) is 0 Å². The molecule has 4 nitrogen and oxygen atoms in total. The third-order valence-electron chi connectivity index (χ3n) is 4.34. The normalized spacial score (nSPS) is 12.2. The van der Waals surface area contributed by atoms with E-state index in [1.54, 1.807) is 0 Å². The minimum absolute atomic E-state index is 0.0376. The number of rotatable bonds is 13. The average molecular weight is 315 g/mol. The lowest BCUT2D eigenvalue weighted by Crippen LogP contribution is -2.28. The van der Waals surface area contributed by atoms with E-state index in [-0.39, 0.29) is 5.91 Å². The summed E-state index contributed by atoms with van der Waals surface area (Å²) in [5.74, 6) is 1.33. The van der Waals surface area contributed by atoms with Crippen LogP contribution in [0.15, 0.2) is 0 Å². The van der Waals surface area contributed by atoms with Gasteiger partial charge < -0.3 is 14.8 Å². The van der Waals surface area contributed by atoms with Gasteiger partial charge in [0.05, 0.1) is 13.2 Å². The first-order valence-electron chi connectivity index (χ1n) is 8.68. The van der Waals surface area contributed by atoms with Crippen molar-refractivity contribution in [3.63, 3.8) is 0 Å². The topological polar surface area (TPSA) is 47.6 Å². The van der Waals surface area contributed by atoms with E-state index in [9.17, 15) is 4.79 Å². The molecule has 0 saturated heterocycles. The zero-order chi connectivity index (χ0) is 17.0. The van der Waals surface area contributed by atoms with E-state index < -0.39 is 0 Å². The van der Waals surface area contributed by atoms with Gasteiger partial charge in [0, 0.05) is 26.2 Å². The molecule has 0 unspecified atom stereocenters. The number of nitrogens with one attached hydrogen (secondary N) is 1. The fourth-order valence-electron chi connectivity index (χ4n) is 1.66. The molecule has 0 aliphatic carbocycles. The van der Waals surface area contributed by atoms with Crippen molar-refractivity contribution in [2.75, 3.05) is 33.0 Å². The van der Waals surface area contributed by atoms with Crippen molar-refractivity contribution in [3.8, 4) is 0 Å². The second kappa shape index (κ2) is 11.9. The summed E-state index contributed by atoms with van der Waals surface area (Å²) in [6.07, 6.45) is 2.52. The summed E-state index contributed by atoms with van der Waals surface area (Å²) in [6, 6.07) is 0. The standard InChI is InChI=1S/C18H37NO3/c1-15(2)7-11-21-12-8-17(20)19-10-14-22-13-9-18(5,6)16(3)4/h15-16H,7-14H2,1-6H3,(H,19,20). The van der Waals surface area contributed by atoms with Crippen molar-refractivity contribution in [1.82, 2.24) is 5.32 Å². The first-order valence-corrected chi connectivity index (χ1v) is 8.68. The van der Waals surface area contributed by atoms with Crippen molar-refractivity contribution in [2.24, 2.45) is 17.3 Å². The largest absolute Gasteiger partial charge is 0.381 e. The highest BCUT2D eigenvalue weighted by Gasteiger charge is 2.21. The van der Waals surface area contributed by atoms with Gasteiger partial charge in [-0.3, -0.25) is 4.79 Å². The van der Waals surface area contributed by atoms with E-state index in [4.69, 9.17) is 9.47 Å². The average Bonchev–Trinajstić information content (AvgIpc) is 2.41. The summed E-state index contributed by atoms with van der Waals surface area (Å²) in [7, 11) is 0. The summed E-state index contributed by atoms with van der Waals surface area (Å²) >= 11 is 0. The molecule has 0 radical (unpaired) electrons. The Balaban J connectivity index is 3.42. The van der Waals surface area contributed by atoms with Crippen LogP contribution in [0.25, 0.3) is 0 Å². The zero-order valence-electron chi connectivity index (χ0n) is 15.5. The van der Waals surface area contributed by atoms with E-state index in [0.29, 0.717) is 43.4 Å². The van der Waals surface area contributed by atoms with Gasteiger partial charge in [-0.1, -0.05) is 41.5 Å². The Bertz CT molecular complexity index is 288. The quantitative estimate of drug-likeness (QED) is 0.528. The van der Waals surface area contributed by atoms with Gasteiger partial charge in [0.1, 0.15) is 0 Å². The smallest absolute Gasteiger partial charge is 0.222 e. The summed E-state index contributed by atoms with van der Waals surface area (Å²) < 4.78 is 11.0. The van der Waals surface area contributed by atoms with Gasteiger partial charge in [-0.2, -0.15) is 0 Å². The van der Waals surface area contributed by atoms with Crippen molar-refractivity contribution in [1.29, 1.82) is 0 Å². The SMILES string of the molecule is CC(C)CCOCCC(=O)NCCOCCC(C)(C)C(C)C. The third-order valence-corrected chi connectivity index (χ3v) is 4.34. The van der Waals surface area contributed by atoms with Gasteiger partial charge in [0.15, 0.2) is 0 Å². The maximum atomic E-state index is 11.6. The molecule has 0 spiro atoms. The zero-order valence-corrected chi connectivity index (χ0v) is 15.5. The third kappa shape index (κ3) is 12.0. The Hall–Kier alpha value is -0.610. The van der Waals surface area contributed by atoms with E-state index >= 15 is 0 Å². The van der Waals surface area contributed by atoms with Crippen LogP contribution >= 0.6 is 0 Å². The summed E-state index contributed by atoms with van der Waals surface area (Å²) in [5, 5.41) is 2.86. The monoisotopic (exact) mass is 315 g/mol. The van der Waals surface area contributed by atoms with Gasteiger partial charge in [-0.05, 0) is 30.1 Å². The molecule has 4 heteroatoms. The van der Waals surface area contributed by atoms with Crippen molar-refractivity contribution < 1.29 is 14.3 Å². The minimum atomic E-state index is 0.0376. The fourth-order valence-corrected chi connectivity index (χ4v) is 1.66. The van der Waals surface area contributed by atoms with Gasteiger partial charge in [0.25, 0.3) is 0 Å². The maximum absolute atomic E-state index is 11.6. The van der Waals surface area contributed by atoms with Crippen LogP contribution in [0.2, 0.25) is 0 Å². The number of hydrogen-bond acceptors (Lipinski definition) is 3. The molecule has 0 rings (SSSR count). The molecule has 0 aliphatic heterocycles. The predicted octanol–water partition coefficient (Wildman–Crippen LogP) is 3.64. The molecule has 22 heavy (non-hydrogen) atoms. The van der Waals surface area contributed by atoms with Crippen LogP contribution in [0, 0.1) is 17.3 Å². The van der Waals surface area contributed by atoms with Crippen LogP contribution in [0.1, 0.15) is 60.8 Å². The Morgan fingerprint density at radius 2 is 1.64 bits per heavy atom. The predicted molar refractivity (Wildman–Crippen MR) is 92.0 cm³/mol. The number of carbonyl (C=O) groups is 1. The molecule has 0 fully saturated rings. The Labute approximate surface area is 137 Å². The molecule has 132 valence electrons. The summed E-state index contributed by atoms with van der Waals surface area (Å²) in [5.41, 5.74) is 0.302. The molecular weight excluding hydrogens is 278 g/mol. The molecule has 0 saturated carbocycles. The second-order valence-corrected chi connectivity index (χ2v) is 7.40. The molecule has 0 aromatic carbocycles. The highest BCUT2D eigenvalue weighted by Crippen LogP contribution is 2.29.